The number of sulfonamides is 2. The van der Waals surface area contributed by atoms with E-state index in [1.165, 1.54) is 0 Å². The average molecular weight is 439 g/mol. The highest BCUT2D eigenvalue weighted by Gasteiger charge is 2.17. The van der Waals surface area contributed by atoms with Crippen molar-refractivity contribution >= 4 is 20.0 Å². The van der Waals surface area contributed by atoms with E-state index in [0.717, 1.165) is 28.5 Å². The van der Waals surface area contributed by atoms with Gasteiger partial charge in [0.2, 0.25) is 20.0 Å². The normalized spacial score (nSPS) is 13.6. The highest BCUT2D eigenvalue weighted by molar-refractivity contribution is 7.90. The standard InChI is InChI=1S/C21H30N2O4S2/c1-16(2)29(26,27)23-15-17(3)19-9-11-21(12-10-19)20-7-5-18(6-8-20)13-14-22-28(4,24)25/h5-12,16-17,22-23H,13-15H2,1-4H3/t17-/m1/s1. The fraction of sp³-hybridized carbons (Fsp3) is 0.429. The van der Waals surface area contributed by atoms with Gasteiger partial charge >= 0.3 is 0 Å². The molecule has 160 valence electrons. The molecule has 0 spiro atoms. The molecule has 0 fully saturated rings. The van der Waals surface area contributed by atoms with Crippen LogP contribution in [-0.4, -0.2) is 41.4 Å². The summed E-state index contributed by atoms with van der Waals surface area (Å²) in [6.45, 7) is 6.07. The maximum Gasteiger partial charge on any atom is 0.213 e. The van der Waals surface area contributed by atoms with Crippen LogP contribution < -0.4 is 9.44 Å². The first-order valence-electron chi connectivity index (χ1n) is 9.60. The highest BCUT2D eigenvalue weighted by atomic mass is 32.2. The molecular weight excluding hydrogens is 408 g/mol. The molecular formula is C21H30N2O4S2. The predicted octanol–water partition coefficient (Wildman–Crippen LogP) is 2.88. The minimum Gasteiger partial charge on any atom is -0.215 e. The SMILES string of the molecule is CC(C)S(=O)(=O)NC[C@@H](C)c1ccc(-c2ccc(CCNS(C)(=O)=O)cc2)cc1. The van der Waals surface area contributed by atoms with Crippen LogP contribution in [0.5, 0.6) is 0 Å². The summed E-state index contributed by atoms with van der Waals surface area (Å²) in [6, 6.07) is 16.1. The first-order chi connectivity index (χ1) is 13.5. The molecule has 6 nitrogen and oxygen atoms in total. The van der Waals surface area contributed by atoms with Crippen LogP contribution in [0.25, 0.3) is 11.1 Å². The number of rotatable bonds is 10. The van der Waals surface area contributed by atoms with Crippen LogP contribution in [0, 0.1) is 0 Å². The molecule has 0 heterocycles. The Bertz CT molecular complexity index is 998. The predicted molar refractivity (Wildman–Crippen MR) is 119 cm³/mol. The van der Waals surface area contributed by atoms with E-state index in [-0.39, 0.29) is 5.92 Å². The second-order valence-electron chi connectivity index (χ2n) is 7.58. The summed E-state index contributed by atoms with van der Waals surface area (Å²) >= 11 is 0. The minimum absolute atomic E-state index is 0.0716. The molecule has 0 saturated carbocycles. The van der Waals surface area contributed by atoms with Crippen LogP contribution in [0.15, 0.2) is 48.5 Å². The second kappa shape index (κ2) is 9.84. The van der Waals surface area contributed by atoms with Crippen LogP contribution in [0.1, 0.15) is 37.8 Å². The molecule has 0 saturated heterocycles. The van der Waals surface area contributed by atoms with Gasteiger partial charge in [-0.15, -0.1) is 0 Å². The Morgan fingerprint density at radius 2 is 1.31 bits per heavy atom. The van der Waals surface area contributed by atoms with Crippen molar-refractivity contribution in [1.29, 1.82) is 0 Å². The van der Waals surface area contributed by atoms with Crippen molar-refractivity contribution in [2.75, 3.05) is 19.3 Å². The van der Waals surface area contributed by atoms with E-state index in [1.54, 1.807) is 13.8 Å². The summed E-state index contributed by atoms with van der Waals surface area (Å²) in [5.41, 5.74) is 4.28. The molecule has 2 aromatic rings. The molecule has 0 aliphatic rings. The summed E-state index contributed by atoms with van der Waals surface area (Å²) in [5.74, 6) is 0.0716. The topological polar surface area (TPSA) is 92.3 Å². The van der Waals surface area contributed by atoms with Gasteiger partial charge in [-0.2, -0.15) is 0 Å². The van der Waals surface area contributed by atoms with Crippen LogP contribution in [0.3, 0.4) is 0 Å². The smallest absolute Gasteiger partial charge is 0.213 e. The van der Waals surface area contributed by atoms with E-state index in [1.807, 2.05) is 55.5 Å². The van der Waals surface area contributed by atoms with Gasteiger partial charge in [0.1, 0.15) is 0 Å². The minimum atomic E-state index is -3.26. The molecule has 0 aromatic heterocycles. The Kier molecular flexibility index (Phi) is 7.99. The zero-order valence-corrected chi connectivity index (χ0v) is 19.0. The summed E-state index contributed by atoms with van der Waals surface area (Å²) < 4.78 is 51.2. The van der Waals surface area contributed by atoms with Gasteiger partial charge in [-0.1, -0.05) is 55.5 Å². The van der Waals surface area contributed by atoms with E-state index >= 15 is 0 Å². The molecule has 2 aromatic carbocycles. The fourth-order valence-corrected chi connectivity index (χ4v) is 4.06. The lowest BCUT2D eigenvalue weighted by molar-refractivity contribution is 0.566. The quantitative estimate of drug-likeness (QED) is 0.597. The summed E-state index contributed by atoms with van der Waals surface area (Å²) in [6.07, 6.45) is 1.79. The van der Waals surface area contributed by atoms with E-state index in [0.29, 0.717) is 19.5 Å². The lowest BCUT2D eigenvalue weighted by atomic mass is 9.97. The van der Waals surface area contributed by atoms with Crippen LogP contribution in [0.2, 0.25) is 0 Å². The molecule has 0 aliphatic heterocycles. The van der Waals surface area contributed by atoms with E-state index < -0.39 is 25.3 Å². The molecule has 2 N–H and O–H groups in total. The second-order valence-corrected chi connectivity index (χ2v) is 11.7. The van der Waals surface area contributed by atoms with Gasteiger partial charge in [0.05, 0.1) is 11.5 Å². The van der Waals surface area contributed by atoms with Crippen molar-refractivity contribution < 1.29 is 16.8 Å². The molecule has 8 heteroatoms. The first-order valence-corrected chi connectivity index (χ1v) is 13.0. The van der Waals surface area contributed by atoms with Crippen molar-refractivity contribution in [1.82, 2.24) is 9.44 Å². The first kappa shape index (κ1) is 23.5. The third kappa shape index (κ3) is 7.54. The Balaban J connectivity index is 1.97. The Morgan fingerprint density at radius 3 is 1.79 bits per heavy atom. The van der Waals surface area contributed by atoms with E-state index in [4.69, 9.17) is 0 Å². The Hall–Kier alpha value is -1.74. The van der Waals surface area contributed by atoms with Gasteiger partial charge < -0.3 is 0 Å². The molecule has 0 aliphatic carbocycles. The Labute approximate surface area is 174 Å². The van der Waals surface area contributed by atoms with Crippen LogP contribution >= 0.6 is 0 Å². The zero-order chi connectivity index (χ0) is 21.7. The number of nitrogens with one attached hydrogen (secondary N) is 2. The molecule has 0 radical (unpaired) electrons. The highest BCUT2D eigenvalue weighted by Crippen LogP contribution is 2.23. The molecule has 0 unspecified atom stereocenters. The summed E-state index contributed by atoms with van der Waals surface area (Å²) in [7, 11) is -6.42. The third-order valence-electron chi connectivity index (χ3n) is 4.76. The van der Waals surface area contributed by atoms with Crippen molar-refractivity contribution in [3.63, 3.8) is 0 Å². The van der Waals surface area contributed by atoms with Gasteiger partial charge in [0.25, 0.3) is 0 Å². The third-order valence-corrected chi connectivity index (χ3v) is 7.29. The van der Waals surface area contributed by atoms with Gasteiger partial charge in [-0.25, -0.2) is 26.3 Å². The maximum atomic E-state index is 11.9. The number of hydrogen-bond donors (Lipinski definition) is 2. The summed E-state index contributed by atoms with van der Waals surface area (Å²) in [4.78, 5) is 0. The number of hydrogen-bond acceptors (Lipinski definition) is 4. The van der Waals surface area contributed by atoms with Gasteiger partial charge in [-0.3, -0.25) is 0 Å². The van der Waals surface area contributed by atoms with Crippen molar-refractivity contribution in [2.45, 2.75) is 38.4 Å². The molecule has 1 atom stereocenters. The van der Waals surface area contributed by atoms with E-state index in [9.17, 15) is 16.8 Å². The van der Waals surface area contributed by atoms with Crippen molar-refractivity contribution in [3.8, 4) is 11.1 Å². The van der Waals surface area contributed by atoms with Crippen molar-refractivity contribution in [2.24, 2.45) is 0 Å². The monoisotopic (exact) mass is 438 g/mol. The van der Waals surface area contributed by atoms with Gasteiger partial charge in [0.15, 0.2) is 0 Å². The lowest BCUT2D eigenvalue weighted by Crippen LogP contribution is -2.33. The fourth-order valence-electron chi connectivity index (χ4n) is 2.77. The van der Waals surface area contributed by atoms with E-state index in [2.05, 4.69) is 9.44 Å². The largest absolute Gasteiger partial charge is 0.215 e. The molecule has 29 heavy (non-hydrogen) atoms. The van der Waals surface area contributed by atoms with Gasteiger partial charge in [0, 0.05) is 13.1 Å². The lowest BCUT2D eigenvalue weighted by Gasteiger charge is -2.15. The maximum absolute atomic E-state index is 11.9. The zero-order valence-electron chi connectivity index (χ0n) is 17.3. The molecule has 0 amide bonds. The summed E-state index contributed by atoms with van der Waals surface area (Å²) in [5, 5.41) is -0.442. The average Bonchev–Trinajstić information content (AvgIpc) is 2.66. The van der Waals surface area contributed by atoms with Crippen molar-refractivity contribution in [3.05, 3.63) is 59.7 Å². The van der Waals surface area contributed by atoms with Gasteiger partial charge in [-0.05, 0) is 48.4 Å². The molecule has 0 bridgehead atoms. The van der Waals surface area contributed by atoms with Crippen LogP contribution in [-0.2, 0) is 26.5 Å². The van der Waals surface area contributed by atoms with Crippen LogP contribution in [0.4, 0.5) is 0 Å². The Morgan fingerprint density at radius 1 is 0.793 bits per heavy atom. The molecule has 2 rings (SSSR count). The number of benzene rings is 2.